The van der Waals surface area contributed by atoms with Crippen molar-refractivity contribution in [3.63, 3.8) is 0 Å². The van der Waals surface area contributed by atoms with Crippen LogP contribution in [0.3, 0.4) is 0 Å². The highest BCUT2D eigenvalue weighted by Crippen LogP contribution is 2.23. The highest BCUT2D eigenvalue weighted by atomic mass is 32.2. The molecule has 0 saturated carbocycles. The molecule has 0 aliphatic rings. The Labute approximate surface area is 161 Å². The minimum atomic E-state index is -3.77. The molecule has 0 saturated heterocycles. The zero-order valence-electron chi connectivity index (χ0n) is 16.2. The predicted octanol–water partition coefficient (Wildman–Crippen LogP) is 2.64. The van der Waals surface area contributed by atoms with Gasteiger partial charge in [0, 0.05) is 13.1 Å². The summed E-state index contributed by atoms with van der Waals surface area (Å²) in [6.07, 6.45) is 0. The molecular weight excluding hydrogens is 364 g/mol. The molecule has 0 aliphatic heterocycles. The summed E-state index contributed by atoms with van der Waals surface area (Å²) in [5, 5.41) is 2.78. The monoisotopic (exact) mass is 390 g/mol. The molecule has 2 aromatic rings. The fourth-order valence-corrected chi connectivity index (χ4v) is 4.26. The van der Waals surface area contributed by atoms with Gasteiger partial charge in [-0.3, -0.25) is 4.79 Å². The highest BCUT2D eigenvalue weighted by molar-refractivity contribution is 7.89. The van der Waals surface area contributed by atoms with Crippen LogP contribution in [0.1, 0.15) is 23.6 Å². The number of ether oxygens (including phenoxy) is 1. The zero-order valence-corrected chi connectivity index (χ0v) is 17.0. The van der Waals surface area contributed by atoms with Crippen LogP contribution in [0.15, 0.2) is 47.4 Å². The fourth-order valence-electron chi connectivity index (χ4n) is 2.77. The summed E-state index contributed by atoms with van der Waals surface area (Å²) in [4.78, 5) is 12.4. The average Bonchev–Trinajstić information content (AvgIpc) is 2.64. The molecule has 2 aromatic carbocycles. The van der Waals surface area contributed by atoms with E-state index in [1.807, 2.05) is 31.2 Å². The molecule has 0 aliphatic carbocycles. The molecule has 6 nitrogen and oxygen atoms in total. The number of methoxy groups -OCH3 is 1. The Morgan fingerprint density at radius 1 is 1.15 bits per heavy atom. The number of hydrogen-bond acceptors (Lipinski definition) is 4. The van der Waals surface area contributed by atoms with Crippen molar-refractivity contribution < 1.29 is 17.9 Å². The lowest BCUT2D eigenvalue weighted by molar-refractivity contribution is -0.121. The maximum Gasteiger partial charge on any atom is 0.243 e. The molecular formula is C20H26N2O4S. The van der Waals surface area contributed by atoms with Crippen molar-refractivity contribution in [2.75, 3.05) is 20.2 Å². The first-order valence-electron chi connectivity index (χ1n) is 8.75. The summed E-state index contributed by atoms with van der Waals surface area (Å²) < 4.78 is 32.1. The van der Waals surface area contributed by atoms with E-state index in [1.54, 1.807) is 26.0 Å². The van der Waals surface area contributed by atoms with Crippen molar-refractivity contribution in [3.8, 4) is 5.75 Å². The molecule has 0 bridgehead atoms. The van der Waals surface area contributed by atoms with Crippen molar-refractivity contribution >= 4 is 15.9 Å². The first-order chi connectivity index (χ1) is 12.8. The summed E-state index contributed by atoms with van der Waals surface area (Å²) in [6, 6.07) is 12.5. The Morgan fingerprint density at radius 3 is 2.48 bits per heavy atom. The number of nitrogens with one attached hydrogen (secondary N) is 1. The van der Waals surface area contributed by atoms with Crippen LogP contribution in [-0.4, -0.2) is 38.8 Å². The highest BCUT2D eigenvalue weighted by Gasteiger charge is 2.25. The molecule has 0 aromatic heterocycles. The quantitative estimate of drug-likeness (QED) is 0.752. The largest absolute Gasteiger partial charge is 0.496 e. The molecule has 0 radical (unpaired) electrons. The van der Waals surface area contributed by atoms with Gasteiger partial charge in [-0.1, -0.05) is 36.8 Å². The molecule has 1 N–H and O–H groups in total. The van der Waals surface area contributed by atoms with E-state index in [1.165, 1.54) is 17.5 Å². The minimum Gasteiger partial charge on any atom is -0.496 e. The Hall–Kier alpha value is -2.38. The number of aryl methyl sites for hydroxylation is 2. The van der Waals surface area contributed by atoms with Gasteiger partial charge in [0.1, 0.15) is 5.75 Å². The third-order valence-electron chi connectivity index (χ3n) is 4.25. The van der Waals surface area contributed by atoms with Crippen molar-refractivity contribution in [1.82, 2.24) is 9.62 Å². The van der Waals surface area contributed by atoms with Crippen molar-refractivity contribution in [1.29, 1.82) is 0 Å². The molecule has 27 heavy (non-hydrogen) atoms. The van der Waals surface area contributed by atoms with Crippen molar-refractivity contribution in [3.05, 3.63) is 59.2 Å². The molecule has 146 valence electrons. The second-order valence-electron chi connectivity index (χ2n) is 6.33. The van der Waals surface area contributed by atoms with Gasteiger partial charge in [-0.25, -0.2) is 8.42 Å². The van der Waals surface area contributed by atoms with Gasteiger partial charge in [0.15, 0.2) is 0 Å². The molecule has 0 atom stereocenters. The van der Waals surface area contributed by atoms with Crippen LogP contribution in [-0.2, 0) is 21.4 Å². The predicted molar refractivity (Wildman–Crippen MR) is 105 cm³/mol. The van der Waals surface area contributed by atoms with E-state index in [0.29, 0.717) is 12.3 Å². The second-order valence-corrected chi connectivity index (χ2v) is 8.27. The van der Waals surface area contributed by atoms with Crippen molar-refractivity contribution in [2.24, 2.45) is 0 Å². The van der Waals surface area contributed by atoms with Gasteiger partial charge in [0.25, 0.3) is 0 Å². The van der Waals surface area contributed by atoms with E-state index in [4.69, 9.17) is 4.74 Å². The van der Waals surface area contributed by atoms with Crippen LogP contribution in [0.25, 0.3) is 0 Å². The normalized spacial score (nSPS) is 11.4. The van der Waals surface area contributed by atoms with Gasteiger partial charge < -0.3 is 10.1 Å². The molecule has 1 amide bonds. The summed E-state index contributed by atoms with van der Waals surface area (Å²) in [5.74, 6) is 0.278. The molecule has 7 heteroatoms. The van der Waals surface area contributed by atoms with Gasteiger partial charge in [-0.05, 0) is 43.2 Å². The van der Waals surface area contributed by atoms with Crippen LogP contribution in [0, 0.1) is 13.8 Å². The Morgan fingerprint density at radius 2 is 1.89 bits per heavy atom. The number of benzene rings is 2. The lowest BCUT2D eigenvalue weighted by Gasteiger charge is -2.20. The average molecular weight is 391 g/mol. The third-order valence-corrected chi connectivity index (χ3v) is 6.17. The van der Waals surface area contributed by atoms with Gasteiger partial charge in [0.05, 0.1) is 18.6 Å². The molecule has 0 fully saturated rings. The SMILES string of the molecule is CCN(CC(=O)NCc1cccc(C)c1)S(=O)(=O)c1ccc(OC)c(C)c1. The van der Waals surface area contributed by atoms with Crippen LogP contribution in [0.2, 0.25) is 0 Å². The fraction of sp³-hybridized carbons (Fsp3) is 0.350. The summed E-state index contributed by atoms with van der Waals surface area (Å²) >= 11 is 0. The lowest BCUT2D eigenvalue weighted by Crippen LogP contribution is -2.40. The third kappa shape index (κ3) is 5.30. The maximum absolute atomic E-state index is 12.9. The summed E-state index contributed by atoms with van der Waals surface area (Å²) in [6.45, 7) is 5.80. The van der Waals surface area contributed by atoms with E-state index < -0.39 is 10.0 Å². The van der Waals surface area contributed by atoms with Crippen LogP contribution in [0.5, 0.6) is 5.75 Å². The number of amides is 1. The molecule has 2 rings (SSSR count). The number of sulfonamides is 1. The van der Waals surface area contributed by atoms with Crippen LogP contribution in [0.4, 0.5) is 0 Å². The van der Waals surface area contributed by atoms with Crippen molar-refractivity contribution in [2.45, 2.75) is 32.2 Å². The van der Waals surface area contributed by atoms with Crippen LogP contribution < -0.4 is 10.1 Å². The number of likely N-dealkylation sites (N-methyl/N-ethyl adjacent to an activating group) is 1. The number of carbonyl (C=O) groups is 1. The first kappa shape index (κ1) is 20.9. The first-order valence-corrected chi connectivity index (χ1v) is 10.2. The topological polar surface area (TPSA) is 75.7 Å². The van der Waals surface area contributed by atoms with Gasteiger partial charge in [0.2, 0.25) is 15.9 Å². The van der Waals surface area contributed by atoms with E-state index in [-0.39, 0.29) is 23.9 Å². The van der Waals surface area contributed by atoms with E-state index >= 15 is 0 Å². The smallest absolute Gasteiger partial charge is 0.243 e. The number of nitrogens with zero attached hydrogens (tertiary/aromatic N) is 1. The number of hydrogen-bond donors (Lipinski definition) is 1. The standard InChI is InChI=1S/C20H26N2O4S/c1-5-22(14-20(23)21-13-17-8-6-7-15(2)11-17)27(24,25)18-9-10-19(26-4)16(3)12-18/h6-12H,5,13-14H2,1-4H3,(H,21,23). The Balaban J connectivity index is 2.08. The minimum absolute atomic E-state index is 0.147. The molecule has 0 heterocycles. The number of rotatable bonds is 8. The van der Waals surface area contributed by atoms with Gasteiger partial charge in [-0.2, -0.15) is 4.31 Å². The maximum atomic E-state index is 12.9. The summed E-state index contributed by atoms with van der Waals surface area (Å²) in [5.41, 5.74) is 2.80. The zero-order chi connectivity index (χ0) is 20.0. The Kier molecular flexibility index (Phi) is 6.98. The van der Waals surface area contributed by atoms with Gasteiger partial charge in [-0.15, -0.1) is 0 Å². The van der Waals surface area contributed by atoms with E-state index in [9.17, 15) is 13.2 Å². The Bertz CT molecular complexity index is 910. The summed E-state index contributed by atoms with van der Waals surface area (Å²) in [7, 11) is -2.23. The molecule has 0 unspecified atom stereocenters. The lowest BCUT2D eigenvalue weighted by atomic mass is 10.1. The van der Waals surface area contributed by atoms with E-state index in [0.717, 1.165) is 16.7 Å². The molecule has 0 spiro atoms. The number of carbonyl (C=O) groups excluding carboxylic acids is 1. The second kappa shape index (κ2) is 9.01. The van der Waals surface area contributed by atoms with E-state index in [2.05, 4.69) is 5.32 Å². The van der Waals surface area contributed by atoms with Gasteiger partial charge >= 0.3 is 0 Å². The van der Waals surface area contributed by atoms with Crippen LogP contribution >= 0.6 is 0 Å².